The van der Waals surface area contributed by atoms with E-state index in [-0.39, 0.29) is 17.6 Å². The van der Waals surface area contributed by atoms with Gasteiger partial charge in [0.05, 0.1) is 22.4 Å². The van der Waals surface area contributed by atoms with E-state index < -0.39 is 15.6 Å². The fraction of sp³-hybridized carbons (Fsp3) is 0.632. The highest BCUT2D eigenvalue weighted by Gasteiger charge is 2.39. The van der Waals surface area contributed by atoms with Crippen molar-refractivity contribution in [2.75, 3.05) is 24.7 Å². The predicted molar refractivity (Wildman–Crippen MR) is 118 cm³/mol. The number of fused-ring (bicyclic) bond motifs is 1. The number of hydrogen-bond donors (Lipinski definition) is 2. The predicted octanol–water partition coefficient (Wildman–Crippen LogP) is 1.87. The van der Waals surface area contributed by atoms with Crippen molar-refractivity contribution in [3.05, 3.63) is 27.1 Å². The first kappa shape index (κ1) is 21.7. The van der Waals surface area contributed by atoms with Crippen molar-refractivity contribution >= 4 is 42.9 Å². The number of hydrogen-bond acceptors (Lipinski definition) is 7. The highest BCUT2D eigenvalue weighted by Crippen LogP contribution is 2.39. The molecular weight excluding hydrogens is 474 g/mol. The fourth-order valence-corrected chi connectivity index (χ4v) is 5.81. The van der Waals surface area contributed by atoms with Crippen molar-refractivity contribution in [3.8, 4) is 0 Å². The van der Waals surface area contributed by atoms with Crippen LogP contribution < -0.4 is 10.9 Å². The minimum Gasteiger partial charge on any atom is -0.388 e. The van der Waals surface area contributed by atoms with Gasteiger partial charge in [-0.3, -0.25) is 9.36 Å². The van der Waals surface area contributed by atoms with E-state index in [0.29, 0.717) is 60.2 Å². The van der Waals surface area contributed by atoms with E-state index in [2.05, 4.69) is 31.2 Å². The first-order valence-corrected chi connectivity index (χ1v) is 12.7. The van der Waals surface area contributed by atoms with E-state index in [9.17, 15) is 18.3 Å². The molecule has 1 saturated carbocycles. The van der Waals surface area contributed by atoms with Crippen molar-refractivity contribution < 1.29 is 13.5 Å². The summed E-state index contributed by atoms with van der Waals surface area (Å²) in [6.45, 7) is 2.67. The lowest BCUT2D eigenvalue weighted by molar-refractivity contribution is 0.0266. The average Bonchev–Trinajstić information content (AvgIpc) is 3.02. The normalized spacial score (nSPS) is 26.3. The first-order chi connectivity index (χ1) is 14.1. The summed E-state index contributed by atoms with van der Waals surface area (Å²) in [5.74, 6) is 0.397. The van der Waals surface area contributed by atoms with Crippen molar-refractivity contribution in [1.82, 2.24) is 18.8 Å². The molecular formula is C19H26BrN5O4S. The Bertz CT molecular complexity index is 1130. The number of piperidine rings is 1. The summed E-state index contributed by atoms with van der Waals surface area (Å²) in [6, 6.07) is 1.39. The molecule has 0 amide bonds. The molecule has 2 N–H and O–H groups in total. The minimum absolute atomic E-state index is 0.0469. The number of pyridine rings is 1. The number of aliphatic hydroxyl groups is 1. The third-order valence-electron chi connectivity index (χ3n) is 6.18. The summed E-state index contributed by atoms with van der Waals surface area (Å²) >= 11 is 3.33. The standard InChI is InChI=1S/C19H26BrN5O4S/c1-19(27)7-3-4-15(19)25-16-12(10-14(20)17(25)26)11-21-18(23-16)22-13-5-8-24(9-6-13)30(2,28)29/h10-11,13,15,27H,3-9H2,1-2H3,(H,21,22,23)/t15-,19-/m1/s1. The highest BCUT2D eigenvalue weighted by molar-refractivity contribution is 9.10. The molecule has 9 nitrogen and oxygen atoms in total. The van der Waals surface area contributed by atoms with Crippen molar-refractivity contribution in [1.29, 1.82) is 0 Å². The Labute approximate surface area is 183 Å². The molecule has 164 valence electrons. The molecule has 30 heavy (non-hydrogen) atoms. The molecule has 0 bridgehead atoms. The second kappa shape index (κ2) is 7.85. The van der Waals surface area contributed by atoms with Crippen LogP contribution in [0.2, 0.25) is 0 Å². The second-order valence-corrected chi connectivity index (χ2v) is 11.3. The van der Waals surface area contributed by atoms with Gasteiger partial charge in [0.2, 0.25) is 16.0 Å². The van der Waals surface area contributed by atoms with Crippen LogP contribution in [0.4, 0.5) is 5.95 Å². The number of anilines is 1. The van der Waals surface area contributed by atoms with Crippen LogP contribution in [-0.2, 0) is 10.0 Å². The maximum atomic E-state index is 13.0. The molecule has 1 aliphatic heterocycles. The van der Waals surface area contributed by atoms with Gasteiger partial charge in [-0.1, -0.05) is 0 Å². The van der Waals surface area contributed by atoms with Gasteiger partial charge in [0.1, 0.15) is 5.65 Å². The molecule has 0 aromatic carbocycles. The van der Waals surface area contributed by atoms with Crippen LogP contribution in [0.1, 0.15) is 45.1 Å². The molecule has 0 unspecified atom stereocenters. The van der Waals surface area contributed by atoms with Crippen LogP contribution in [0.3, 0.4) is 0 Å². The fourth-order valence-electron chi connectivity index (χ4n) is 4.50. The van der Waals surface area contributed by atoms with Gasteiger partial charge in [0.15, 0.2) is 0 Å². The second-order valence-electron chi connectivity index (χ2n) is 8.49. The first-order valence-electron chi connectivity index (χ1n) is 10.1. The van der Waals surface area contributed by atoms with Crippen LogP contribution in [0, 0.1) is 0 Å². The van der Waals surface area contributed by atoms with E-state index in [1.165, 1.54) is 10.6 Å². The molecule has 2 aliphatic rings. The minimum atomic E-state index is -3.18. The molecule has 2 fully saturated rings. The zero-order valence-electron chi connectivity index (χ0n) is 17.0. The summed E-state index contributed by atoms with van der Waals surface area (Å²) in [5.41, 5.74) is -0.712. The molecule has 11 heteroatoms. The Balaban J connectivity index is 1.65. The van der Waals surface area contributed by atoms with Crippen molar-refractivity contribution in [2.24, 2.45) is 0 Å². The summed E-state index contributed by atoms with van der Waals surface area (Å²) in [6.07, 6.45) is 6.37. The maximum absolute atomic E-state index is 13.0. The lowest BCUT2D eigenvalue weighted by Gasteiger charge is -2.31. The average molecular weight is 500 g/mol. The Morgan fingerprint density at radius 3 is 2.60 bits per heavy atom. The summed E-state index contributed by atoms with van der Waals surface area (Å²) in [4.78, 5) is 22.0. The highest BCUT2D eigenvalue weighted by atomic mass is 79.9. The lowest BCUT2D eigenvalue weighted by atomic mass is 10.00. The van der Waals surface area contributed by atoms with E-state index in [4.69, 9.17) is 0 Å². The molecule has 2 aromatic rings. The number of halogens is 1. The summed E-state index contributed by atoms with van der Waals surface area (Å²) < 4.78 is 26.9. The third kappa shape index (κ3) is 4.12. The van der Waals surface area contributed by atoms with Crippen LogP contribution in [0.5, 0.6) is 0 Å². The number of nitrogens with one attached hydrogen (secondary N) is 1. The quantitative estimate of drug-likeness (QED) is 0.658. The topological polar surface area (TPSA) is 117 Å². The number of sulfonamides is 1. The lowest BCUT2D eigenvalue weighted by Crippen LogP contribution is -2.42. The van der Waals surface area contributed by atoms with E-state index in [1.807, 2.05) is 0 Å². The van der Waals surface area contributed by atoms with Crippen LogP contribution in [-0.4, -0.2) is 63.4 Å². The summed E-state index contributed by atoms with van der Waals surface area (Å²) in [5, 5.41) is 14.8. The van der Waals surface area contributed by atoms with Crippen molar-refractivity contribution in [2.45, 2.75) is 56.7 Å². The SMILES string of the molecule is C[C@@]1(O)CCC[C@H]1n1c(=O)c(Br)cc2cnc(NC3CCN(S(C)(=O)=O)CC3)nc21. The van der Waals surface area contributed by atoms with Gasteiger partial charge < -0.3 is 10.4 Å². The zero-order valence-corrected chi connectivity index (χ0v) is 19.4. The van der Waals surface area contributed by atoms with Gasteiger partial charge in [-0.25, -0.2) is 17.7 Å². The van der Waals surface area contributed by atoms with Gasteiger partial charge in [0, 0.05) is 30.7 Å². The Kier molecular flexibility index (Phi) is 5.67. The molecule has 0 spiro atoms. The van der Waals surface area contributed by atoms with Gasteiger partial charge in [-0.15, -0.1) is 0 Å². The number of aromatic nitrogens is 3. The Morgan fingerprint density at radius 2 is 2.00 bits per heavy atom. The van der Waals surface area contributed by atoms with E-state index in [1.54, 1.807) is 23.8 Å². The largest absolute Gasteiger partial charge is 0.388 e. The molecule has 4 rings (SSSR count). The van der Waals surface area contributed by atoms with Gasteiger partial charge in [0.25, 0.3) is 5.56 Å². The Morgan fingerprint density at radius 1 is 1.30 bits per heavy atom. The monoisotopic (exact) mass is 499 g/mol. The van der Waals surface area contributed by atoms with Gasteiger partial charge >= 0.3 is 0 Å². The Hall–Kier alpha value is -1.56. The molecule has 0 radical (unpaired) electrons. The van der Waals surface area contributed by atoms with E-state index in [0.717, 1.165) is 6.42 Å². The van der Waals surface area contributed by atoms with Gasteiger partial charge in [-0.05, 0) is 61.0 Å². The maximum Gasteiger partial charge on any atom is 0.266 e. The van der Waals surface area contributed by atoms with Gasteiger partial charge in [-0.2, -0.15) is 4.98 Å². The molecule has 3 heterocycles. The molecule has 1 saturated heterocycles. The van der Waals surface area contributed by atoms with Crippen molar-refractivity contribution in [3.63, 3.8) is 0 Å². The summed E-state index contributed by atoms with van der Waals surface area (Å²) in [7, 11) is -3.18. The number of rotatable bonds is 4. The van der Waals surface area contributed by atoms with E-state index >= 15 is 0 Å². The van der Waals surface area contributed by atoms with Crippen LogP contribution in [0.15, 0.2) is 21.5 Å². The smallest absolute Gasteiger partial charge is 0.266 e. The molecule has 2 aromatic heterocycles. The zero-order chi connectivity index (χ0) is 21.7. The van der Waals surface area contributed by atoms with Crippen LogP contribution >= 0.6 is 15.9 Å². The third-order valence-corrected chi connectivity index (χ3v) is 8.05. The molecule has 2 atom stereocenters. The number of nitrogens with zero attached hydrogens (tertiary/aromatic N) is 4. The molecule has 1 aliphatic carbocycles. The van der Waals surface area contributed by atoms with Crippen LogP contribution in [0.25, 0.3) is 11.0 Å².